The molecule has 0 saturated heterocycles. The minimum Gasteiger partial charge on any atom is -0.305 e. The van der Waals surface area contributed by atoms with Crippen molar-refractivity contribution < 1.29 is 0 Å². The van der Waals surface area contributed by atoms with Gasteiger partial charge in [0.1, 0.15) is 6.33 Å². The van der Waals surface area contributed by atoms with Crippen LogP contribution in [0.15, 0.2) is 43.4 Å². The van der Waals surface area contributed by atoms with E-state index in [0.29, 0.717) is 0 Å². The van der Waals surface area contributed by atoms with Crippen molar-refractivity contribution in [3.8, 4) is 5.69 Å². The van der Waals surface area contributed by atoms with Gasteiger partial charge in [0, 0.05) is 46.5 Å². The van der Waals surface area contributed by atoms with Crippen LogP contribution in [0.4, 0.5) is 0 Å². The summed E-state index contributed by atoms with van der Waals surface area (Å²) in [5.74, 6) is 0. The van der Waals surface area contributed by atoms with Gasteiger partial charge in [0.15, 0.2) is 0 Å². The first-order valence-corrected chi connectivity index (χ1v) is 10.3. The lowest BCUT2D eigenvalue weighted by Gasteiger charge is -2.39. The van der Waals surface area contributed by atoms with E-state index in [0.717, 1.165) is 35.1 Å². The highest BCUT2D eigenvalue weighted by atomic mass is 15.1. The van der Waals surface area contributed by atoms with Crippen LogP contribution in [0, 0.1) is 0 Å². The van der Waals surface area contributed by atoms with E-state index in [1.165, 1.54) is 42.1 Å². The predicted octanol–water partition coefficient (Wildman–Crippen LogP) is 5.34. The van der Waals surface area contributed by atoms with Crippen LogP contribution in [0.1, 0.15) is 63.6 Å². The molecule has 28 heavy (non-hydrogen) atoms. The molecule has 0 radical (unpaired) electrons. The number of nitrogens with zero attached hydrogens (tertiary/aromatic N) is 5. The highest BCUT2D eigenvalue weighted by Gasteiger charge is 2.43. The van der Waals surface area contributed by atoms with Gasteiger partial charge in [0.05, 0.1) is 28.6 Å². The molecule has 1 aliphatic heterocycles. The number of unbranched alkanes of at least 4 members (excludes halogenated alkanes) is 2. The van der Waals surface area contributed by atoms with Crippen molar-refractivity contribution in [2.24, 2.45) is 0 Å². The van der Waals surface area contributed by atoms with Crippen LogP contribution in [0.3, 0.4) is 0 Å². The minimum atomic E-state index is -0.103. The van der Waals surface area contributed by atoms with Gasteiger partial charge in [-0.1, -0.05) is 39.5 Å². The van der Waals surface area contributed by atoms with Crippen LogP contribution in [0.2, 0.25) is 0 Å². The monoisotopic (exact) mass is 371 g/mol. The molecule has 4 aromatic rings. The zero-order chi connectivity index (χ0) is 19.1. The number of hydrogen-bond donors (Lipinski definition) is 0. The van der Waals surface area contributed by atoms with Crippen molar-refractivity contribution in [3.05, 3.63) is 54.6 Å². The largest absolute Gasteiger partial charge is 0.305 e. The van der Waals surface area contributed by atoms with Crippen molar-refractivity contribution in [2.45, 2.75) is 57.8 Å². The third-order valence-electron chi connectivity index (χ3n) is 6.29. The van der Waals surface area contributed by atoms with Gasteiger partial charge in [-0.15, -0.1) is 0 Å². The van der Waals surface area contributed by atoms with E-state index in [1.54, 1.807) is 6.33 Å². The van der Waals surface area contributed by atoms with E-state index in [-0.39, 0.29) is 5.41 Å². The van der Waals surface area contributed by atoms with E-state index in [1.807, 2.05) is 24.8 Å². The van der Waals surface area contributed by atoms with Crippen LogP contribution in [-0.4, -0.2) is 24.5 Å². The third-order valence-corrected chi connectivity index (χ3v) is 6.29. The molecule has 4 aromatic heterocycles. The maximum Gasteiger partial charge on any atom is 0.115 e. The third kappa shape index (κ3) is 2.25. The summed E-state index contributed by atoms with van der Waals surface area (Å²) in [4.78, 5) is 18.3. The van der Waals surface area contributed by atoms with Crippen LogP contribution in [0.25, 0.3) is 27.5 Å². The molecule has 0 bridgehead atoms. The lowest BCUT2D eigenvalue weighted by molar-refractivity contribution is 0.391. The number of fused-ring (bicyclic) bond motifs is 5. The van der Waals surface area contributed by atoms with Gasteiger partial charge in [0.2, 0.25) is 0 Å². The quantitative estimate of drug-likeness (QED) is 0.459. The number of hydrogen-bond acceptors (Lipinski definition) is 4. The van der Waals surface area contributed by atoms with Crippen LogP contribution in [-0.2, 0) is 5.41 Å². The van der Waals surface area contributed by atoms with E-state index >= 15 is 0 Å². The molecule has 5 heteroatoms. The van der Waals surface area contributed by atoms with Crippen molar-refractivity contribution in [2.75, 3.05) is 0 Å². The van der Waals surface area contributed by atoms with E-state index in [9.17, 15) is 0 Å². The molecule has 5 heterocycles. The standard InChI is InChI=1S/C23H25N5/c1-3-5-8-23(9-6-4-2)18-13-25-12-17-16-11-24-10-7-19(16)28(21(17)18)20-14-26-15-27-22(20)23/h7,10-15H,3-6,8-9H2,1-2H3. The molecule has 0 aliphatic carbocycles. The first kappa shape index (κ1) is 17.3. The van der Waals surface area contributed by atoms with E-state index < -0.39 is 0 Å². The zero-order valence-corrected chi connectivity index (χ0v) is 16.5. The van der Waals surface area contributed by atoms with E-state index in [4.69, 9.17) is 4.98 Å². The van der Waals surface area contributed by atoms with Crippen molar-refractivity contribution in [1.29, 1.82) is 0 Å². The smallest absolute Gasteiger partial charge is 0.115 e. The van der Waals surface area contributed by atoms with Crippen molar-refractivity contribution in [3.63, 3.8) is 0 Å². The summed E-state index contributed by atoms with van der Waals surface area (Å²) in [6.07, 6.45) is 18.4. The summed E-state index contributed by atoms with van der Waals surface area (Å²) in [6, 6.07) is 2.08. The number of rotatable bonds is 6. The van der Waals surface area contributed by atoms with Gasteiger partial charge in [0.25, 0.3) is 0 Å². The molecule has 0 amide bonds. The molecule has 0 spiro atoms. The first-order valence-electron chi connectivity index (χ1n) is 10.3. The Bertz CT molecular complexity index is 1150. The Hall–Kier alpha value is -2.82. The number of pyridine rings is 2. The molecule has 0 unspecified atom stereocenters. The Labute approximate surface area is 164 Å². The maximum atomic E-state index is 4.88. The Morgan fingerprint density at radius 2 is 1.68 bits per heavy atom. The molecule has 1 aliphatic rings. The minimum absolute atomic E-state index is 0.103. The summed E-state index contributed by atoms with van der Waals surface area (Å²) < 4.78 is 2.33. The molecule has 0 N–H and O–H groups in total. The Kier molecular flexibility index (Phi) is 4.11. The van der Waals surface area contributed by atoms with Crippen LogP contribution < -0.4 is 0 Å². The van der Waals surface area contributed by atoms with Gasteiger partial charge in [-0.3, -0.25) is 9.97 Å². The SMILES string of the molecule is CCCCC1(CCCC)c2ncncc2-n2c3ccncc3c3cncc1c32. The fourth-order valence-corrected chi connectivity index (χ4v) is 4.97. The van der Waals surface area contributed by atoms with Crippen molar-refractivity contribution >= 4 is 21.8 Å². The molecule has 0 fully saturated rings. The zero-order valence-electron chi connectivity index (χ0n) is 16.5. The maximum absolute atomic E-state index is 4.88. The second-order valence-electron chi connectivity index (χ2n) is 7.86. The second-order valence-corrected chi connectivity index (χ2v) is 7.86. The normalized spacial score (nSPS) is 14.5. The number of aromatic nitrogens is 5. The molecule has 142 valence electrons. The molecule has 0 aromatic carbocycles. The molecule has 5 nitrogen and oxygen atoms in total. The summed E-state index contributed by atoms with van der Waals surface area (Å²) in [5, 5.41) is 2.32. The predicted molar refractivity (Wildman–Crippen MR) is 112 cm³/mol. The van der Waals surface area contributed by atoms with Crippen LogP contribution >= 0.6 is 0 Å². The van der Waals surface area contributed by atoms with E-state index in [2.05, 4.69) is 45.6 Å². The highest BCUT2D eigenvalue weighted by molar-refractivity contribution is 6.10. The average molecular weight is 371 g/mol. The summed E-state index contributed by atoms with van der Waals surface area (Å²) in [5.41, 5.74) is 5.88. The lowest BCUT2D eigenvalue weighted by Crippen LogP contribution is -2.34. The Morgan fingerprint density at radius 3 is 2.46 bits per heavy atom. The fraction of sp³-hybridized carbons (Fsp3) is 0.391. The molecule has 5 rings (SSSR count). The van der Waals surface area contributed by atoms with Gasteiger partial charge < -0.3 is 4.57 Å². The first-order chi connectivity index (χ1) is 13.8. The second kappa shape index (κ2) is 6.66. The van der Waals surface area contributed by atoms with Crippen molar-refractivity contribution in [1.82, 2.24) is 24.5 Å². The van der Waals surface area contributed by atoms with Crippen LogP contribution in [0.5, 0.6) is 0 Å². The van der Waals surface area contributed by atoms with Gasteiger partial charge in [-0.25, -0.2) is 9.97 Å². The summed E-state index contributed by atoms with van der Waals surface area (Å²) >= 11 is 0. The lowest BCUT2D eigenvalue weighted by atomic mass is 9.68. The Morgan fingerprint density at radius 1 is 0.893 bits per heavy atom. The molecular formula is C23H25N5. The molecular weight excluding hydrogens is 346 g/mol. The molecule has 0 saturated carbocycles. The van der Waals surface area contributed by atoms with Gasteiger partial charge >= 0.3 is 0 Å². The van der Waals surface area contributed by atoms with Gasteiger partial charge in [-0.2, -0.15) is 0 Å². The van der Waals surface area contributed by atoms with Gasteiger partial charge in [-0.05, 0) is 18.9 Å². The summed E-state index contributed by atoms with van der Waals surface area (Å²) in [6.45, 7) is 4.53. The molecule has 0 atom stereocenters. The summed E-state index contributed by atoms with van der Waals surface area (Å²) in [7, 11) is 0. The fourth-order valence-electron chi connectivity index (χ4n) is 4.97. The topological polar surface area (TPSA) is 56.5 Å². The highest BCUT2D eigenvalue weighted by Crippen LogP contribution is 2.50. The average Bonchev–Trinajstić information content (AvgIpc) is 3.09. The Balaban J connectivity index is 1.94.